The molecule has 0 saturated heterocycles. The average Bonchev–Trinajstić information content (AvgIpc) is 2.41. The van der Waals surface area contributed by atoms with Gasteiger partial charge in [-0.25, -0.2) is 17.2 Å². The van der Waals surface area contributed by atoms with Gasteiger partial charge in [-0.3, -0.25) is 4.72 Å². The molecule has 0 radical (unpaired) electrons. The first kappa shape index (κ1) is 15.4. The van der Waals surface area contributed by atoms with Crippen molar-refractivity contribution in [3.8, 4) is 0 Å². The smallest absolute Gasteiger partial charge is 0.264 e. The third-order valence-corrected chi connectivity index (χ3v) is 4.23. The lowest BCUT2D eigenvalue weighted by Crippen LogP contribution is -2.16. The zero-order valence-corrected chi connectivity index (χ0v) is 12.0. The van der Waals surface area contributed by atoms with Crippen LogP contribution in [0.25, 0.3) is 0 Å². The number of halogens is 2. The molecule has 0 aliphatic carbocycles. The van der Waals surface area contributed by atoms with Crippen LogP contribution in [0.1, 0.15) is 11.1 Å². The number of nitrogens with one attached hydrogen (secondary N) is 1. The summed E-state index contributed by atoms with van der Waals surface area (Å²) < 4.78 is 53.8. The molecule has 2 rings (SSSR count). The Bertz CT molecular complexity index is 777. The molecule has 2 aromatic carbocycles. The summed E-state index contributed by atoms with van der Waals surface area (Å²) in [6.07, 6.45) is 0. The standard InChI is InChI=1S/C14H14F2N2O2S/c1-9-3-2-4-11(5-9)18-21(19,20)13-7-10(8-17)6-12(15)14(13)16/h2-7,18H,8,17H2,1H3. The van der Waals surface area contributed by atoms with Crippen molar-refractivity contribution < 1.29 is 17.2 Å². The summed E-state index contributed by atoms with van der Waals surface area (Å²) in [6, 6.07) is 8.44. The van der Waals surface area contributed by atoms with Gasteiger partial charge in [0.25, 0.3) is 10.0 Å². The Labute approximate surface area is 121 Å². The van der Waals surface area contributed by atoms with E-state index in [0.717, 1.165) is 17.7 Å². The lowest BCUT2D eigenvalue weighted by molar-refractivity contribution is 0.483. The first-order valence-corrected chi connectivity index (χ1v) is 7.59. The fourth-order valence-corrected chi connectivity index (χ4v) is 3.04. The molecule has 7 heteroatoms. The molecule has 0 aliphatic rings. The lowest BCUT2D eigenvalue weighted by Gasteiger charge is -2.11. The van der Waals surface area contributed by atoms with Gasteiger partial charge in [-0.1, -0.05) is 12.1 Å². The van der Waals surface area contributed by atoms with E-state index < -0.39 is 26.6 Å². The number of hydrogen-bond donors (Lipinski definition) is 2. The van der Waals surface area contributed by atoms with Crippen LogP contribution in [0.5, 0.6) is 0 Å². The van der Waals surface area contributed by atoms with Crippen molar-refractivity contribution in [1.29, 1.82) is 0 Å². The molecule has 0 fully saturated rings. The summed E-state index contributed by atoms with van der Waals surface area (Å²) in [6.45, 7) is 1.69. The first-order valence-electron chi connectivity index (χ1n) is 6.11. The topological polar surface area (TPSA) is 72.2 Å². The quantitative estimate of drug-likeness (QED) is 0.911. The number of aryl methyl sites for hydroxylation is 1. The van der Waals surface area contributed by atoms with E-state index in [-0.39, 0.29) is 17.8 Å². The zero-order valence-electron chi connectivity index (χ0n) is 11.2. The molecule has 0 amide bonds. The fraction of sp³-hybridized carbons (Fsp3) is 0.143. The van der Waals surface area contributed by atoms with Crippen molar-refractivity contribution in [1.82, 2.24) is 0 Å². The van der Waals surface area contributed by atoms with E-state index >= 15 is 0 Å². The van der Waals surface area contributed by atoms with Crippen molar-refractivity contribution in [3.05, 3.63) is 59.2 Å². The van der Waals surface area contributed by atoms with Crippen LogP contribution in [0.3, 0.4) is 0 Å². The SMILES string of the molecule is Cc1cccc(NS(=O)(=O)c2cc(CN)cc(F)c2F)c1. The van der Waals surface area contributed by atoms with Gasteiger partial charge in [-0.15, -0.1) is 0 Å². The van der Waals surface area contributed by atoms with Crippen molar-refractivity contribution in [2.24, 2.45) is 5.73 Å². The van der Waals surface area contributed by atoms with Crippen molar-refractivity contribution >= 4 is 15.7 Å². The van der Waals surface area contributed by atoms with Crippen molar-refractivity contribution in [3.63, 3.8) is 0 Å². The van der Waals surface area contributed by atoms with Gasteiger partial charge in [-0.2, -0.15) is 0 Å². The molecule has 0 spiro atoms. The van der Waals surface area contributed by atoms with Crippen LogP contribution in [-0.2, 0) is 16.6 Å². The molecule has 0 unspecified atom stereocenters. The Morgan fingerprint density at radius 3 is 2.52 bits per heavy atom. The van der Waals surface area contributed by atoms with E-state index in [0.29, 0.717) is 0 Å². The van der Waals surface area contributed by atoms with Crippen LogP contribution < -0.4 is 10.5 Å². The highest BCUT2D eigenvalue weighted by molar-refractivity contribution is 7.92. The summed E-state index contributed by atoms with van der Waals surface area (Å²) in [5.74, 6) is -2.67. The Morgan fingerprint density at radius 1 is 1.19 bits per heavy atom. The van der Waals surface area contributed by atoms with Gasteiger partial charge in [0.2, 0.25) is 0 Å². The third kappa shape index (κ3) is 3.37. The maximum atomic E-state index is 13.8. The molecule has 2 aromatic rings. The molecule has 0 heterocycles. The largest absolute Gasteiger partial charge is 0.326 e. The lowest BCUT2D eigenvalue weighted by atomic mass is 10.2. The monoisotopic (exact) mass is 312 g/mol. The number of nitrogens with two attached hydrogens (primary N) is 1. The highest BCUT2D eigenvalue weighted by Crippen LogP contribution is 2.23. The summed E-state index contributed by atoms with van der Waals surface area (Å²) in [7, 11) is -4.24. The van der Waals surface area contributed by atoms with E-state index in [1.165, 1.54) is 6.07 Å². The van der Waals surface area contributed by atoms with Crippen LogP contribution in [0.2, 0.25) is 0 Å². The minimum absolute atomic E-state index is 0.0931. The number of hydrogen-bond acceptors (Lipinski definition) is 3. The van der Waals surface area contributed by atoms with Crippen molar-refractivity contribution in [2.45, 2.75) is 18.4 Å². The van der Waals surface area contributed by atoms with E-state index in [1.54, 1.807) is 25.1 Å². The van der Waals surface area contributed by atoms with E-state index in [2.05, 4.69) is 4.72 Å². The van der Waals surface area contributed by atoms with Gasteiger partial charge in [0.1, 0.15) is 4.90 Å². The summed E-state index contributed by atoms with van der Waals surface area (Å²) in [5, 5.41) is 0. The molecule has 3 N–H and O–H groups in total. The molecule has 4 nitrogen and oxygen atoms in total. The predicted molar refractivity (Wildman–Crippen MR) is 76.2 cm³/mol. The second-order valence-corrected chi connectivity index (χ2v) is 6.22. The highest BCUT2D eigenvalue weighted by atomic mass is 32.2. The van der Waals surface area contributed by atoms with Crippen LogP contribution in [-0.4, -0.2) is 8.42 Å². The molecule has 21 heavy (non-hydrogen) atoms. The zero-order chi connectivity index (χ0) is 15.6. The Morgan fingerprint density at radius 2 is 1.90 bits per heavy atom. The second-order valence-electron chi connectivity index (χ2n) is 4.57. The number of anilines is 1. The highest BCUT2D eigenvalue weighted by Gasteiger charge is 2.23. The normalized spacial score (nSPS) is 11.4. The Hall–Kier alpha value is -1.99. The molecule has 112 valence electrons. The van der Waals surface area contributed by atoms with Gasteiger partial charge in [0.15, 0.2) is 11.6 Å². The van der Waals surface area contributed by atoms with Crippen molar-refractivity contribution in [2.75, 3.05) is 4.72 Å². The van der Waals surface area contributed by atoms with E-state index in [1.807, 2.05) is 0 Å². The molecule has 0 aromatic heterocycles. The van der Waals surface area contributed by atoms with Gasteiger partial charge in [-0.05, 0) is 42.3 Å². The predicted octanol–water partition coefficient (Wildman–Crippen LogP) is 2.53. The maximum absolute atomic E-state index is 13.8. The van der Waals surface area contributed by atoms with E-state index in [4.69, 9.17) is 5.73 Å². The van der Waals surface area contributed by atoms with Gasteiger partial charge in [0.05, 0.1) is 0 Å². The van der Waals surface area contributed by atoms with Crippen LogP contribution in [0.4, 0.5) is 14.5 Å². The molecule has 0 atom stereocenters. The average molecular weight is 312 g/mol. The third-order valence-electron chi connectivity index (χ3n) is 2.85. The molecular formula is C14H14F2N2O2S. The first-order chi connectivity index (χ1) is 9.83. The maximum Gasteiger partial charge on any atom is 0.264 e. The summed E-state index contributed by atoms with van der Waals surface area (Å²) in [5.41, 5.74) is 6.64. The van der Waals surface area contributed by atoms with Crippen LogP contribution in [0.15, 0.2) is 41.3 Å². The fourth-order valence-electron chi connectivity index (χ4n) is 1.85. The van der Waals surface area contributed by atoms with Crippen LogP contribution >= 0.6 is 0 Å². The van der Waals surface area contributed by atoms with Gasteiger partial charge in [0, 0.05) is 12.2 Å². The number of rotatable bonds is 4. The van der Waals surface area contributed by atoms with Gasteiger partial charge < -0.3 is 5.73 Å². The molecule has 0 saturated carbocycles. The summed E-state index contributed by atoms with van der Waals surface area (Å²) in [4.78, 5) is -0.760. The number of benzene rings is 2. The van der Waals surface area contributed by atoms with E-state index in [9.17, 15) is 17.2 Å². The molecule has 0 bridgehead atoms. The van der Waals surface area contributed by atoms with Gasteiger partial charge >= 0.3 is 0 Å². The molecular weight excluding hydrogens is 298 g/mol. The number of sulfonamides is 1. The second kappa shape index (κ2) is 5.79. The Balaban J connectivity index is 2.47. The summed E-state index contributed by atoms with van der Waals surface area (Å²) >= 11 is 0. The van der Waals surface area contributed by atoms with Crippen LogP contribution in [0, 0.1) is 18.6 Å². The molecule has 0 aliphatic heterocycles. The Kier molecular flexibility index (Phi) is 4.24. The minimum atomic E-state index is -4.24. The minimum Gasteiger partial charge on any atom is -0.326 e.